The molecular weight excluding hydrogens is 446 g/mol. The summed E-state index contributed by atoms with van der Waals surface area (Å²) in [6, 6.07) is -8.11. The van der Waals surface area contributed by atoms with Gasteiger partial charge in [-0.15, -0.1) is 8.78 Å². The average Bonchev–Trinajstić information content (AvgIpc) is 2.34. The Kier molecular flexibility index (Phi) is 7.18. The molecule has 0 atom stereocenters. The van der Waals surface area contributed by atoms with Gasteiger partial charge in [-0.1, -0.05) is 0 Å². The molecule has 19 heteroatoms. The van der Waals surface area contributed by atoms with Gasteiger partial charge in [-0.05, 0) is 6.92 Å². The van der Waals surface area contributed by atoms with E-state index in [0.717, 1.165) is 6.92 Å². The number of carboxylic acids is 1. The molecule has 0 heterocycles. The topological polar surface area (TPSA) is 40.1 Å². The van der Waals surface area contributed by atoms with Gasteiger partial charge >= 0.3 is 41.1 Å². The van der Waals surface area contributed by atoms with Gasteiger partial charge in [0, 0.05) is 5.97 Å². The fraction of sp³-hybridized carbons (Fsp3) is 0.875. The number of hydrogen-bond donors (Lipinski definition) is 0. The summed E-state index contributed by atoms with van der Waals surface area (Å²) in [5.41, 5.74) is 0. The van der Waals surface area contributed by atoms with E-state index in [9.17, 15) is 70.5 Å². The number of carbonyl (C=O) groups excluding carboxylic acids is 1. The fourth-order valence-corrected chi connectivity index (χ4v) is 0.920. The van der Waals surface area contributed by atoms with Gasteiger partial charge in [-0.2, -0.15) is 48.3 Å². The van der Waals surface area contributed by atoms with Crippen molar-refractivity contribution in [3.63, 3.8) is 0 Å². The van der Waals surface area contributed by atoms with E-state index in [0.29, 0.717) is 0 Å². The highest BCUT2D eigenvalue weighted by Gasteiger charge is 2.97. The minimum Gasteiger partial charge on any atom is -0.550 e. The number of quaternary nitrogens is 1. The Morgan fingerprint density at radius 2 is 0.852 bits per heavy atom. The SMILES string of the molecule is CC(=O)[O-].FC(F)(F)C(F)(F)C(F)(F)C(F)(F)C(F)(F)C(F)(F)[N+](F)(F)F. The van der Waals surface area contributed by atoms with Crippen molar-refractivity contribution >= 4 is 5.97 Å². The number of nitrogens with zero attached hydrogens (tertiary/aromatic N) is 1. The van der Waals surface area contributed by atoms with Crippen molar-refractivity contribution < 1.29 is 85.6 Å². The second kappa shape index (κ2) is 7.04. The van der Waals surface area contributed by atoms with Crippen molar-refractivity contribution in [3.05, 3.63) is 0 Å². The zero-order valence-electron chi connectivity index (χ0n) is 11.8. The molecule has 0 unspecified atom stereocenters. The van der Waals surface area contributed by atoms with E-state index in [1.807, 2.05) is 0 Å². The van der Waals surface area contributed by atoms with Crippen LogP contribution in [0.5, 0.6) is 0 Å². The largest absolute Gasteiger partial charge is 0.576 e. The van der Waals surface area contributed by atoms with Crippen LogP contribution < -0.4 is 5.11 Å². The predicted octanol–water partition coefficient (Wildman–Crippen LogP) is 3.91. The Morgan fingerprint density at radius 1 is 0.630 bits per heavy atom. The highest BCUT2D eigenvalue weighted by Crippen LogP contribution is 2.61. The van der Waals surface area contributed by atoms with Crippen LogP contribution in [0.1, 0.15) is 6.92 Å². The molecule has 0 saturated heterocycles. The first-order chi connectivity index (χ1) is 11.2. The van der Waals surface area contributed by atoms with Crippen LogP contribution in [0, 0.1) is 0 Å². The standard InChI is InChI=1S/C6F16N.C2H4O2/c7-1(8,3(11,12)5(15,16)17)2(9,10)4(13,14)6(18,19)23(20,21)22;1-2(3)4/h;1H3,(H,3,4)/q+1;/p-1. The van der Waals surface area contributed by atoms with Crippen LogP contribution >= 0.6 is 0 Å². The van der Waals surface area contributed by atoms with E-state index in [4.69, 9.17) is 9.90 Å². The van der Waals surface area contributed by atoms with Gasteiger partial charge in [0.1, 0.15) is 0 Å². The average molecular weight is 449 g/mol. The normalized spacial score (nSPS) is 15.1. The van der Waals surface area contributed by atoms with Crippen molar-refractivity contribution in [2.45, 2.75) is 42.8 Å². The predicted molar refractivity (Wildman–Crippen MR) is 45.1 cm³/mol. The van der Waals surface area contributed by atoms with Gasteiger partial charge in [-0.25, -0.2) is 0 Å². The summed E-state index contributed by atoms with van der Waals surface area (Å²) in [5, 5.41) is 1.93. The van der Waals surface area contributed by atoms with Gasteiger partial charge < -0.3 is 9.90 Å². The van der Waals surface area contributed by atoms with Crippen LogP contribution in [0.4, 0.5) is 70.5 Å². The molecule has 0 saturated carbocycles. The van der Waals surface area contributed by atoms with E-state index in [1.54, 1.807) is 0 Å². The van der Waals surface area contributed by atoms with E-state index in [2.05, 4.69) is 0 Å². The maximum Gasteiger partial charge on any atom is 0.576 e. The van der Waals surface area contributed by atoms with Gasteiger partial charge in [0.25, 0.3) is 0 Å². The van der Waals surface area contributed by atoms with E-state index in [-0.39, 0.29) is 0 Å². The molecule has 0 fully saturated rings. The minimum atomic E-state index is -8.45. The van der Waals surface area contributed by atoms with Crippen LogP contribution in [-0.2, 0) is 4.79 Å². The Morgan fingerprint density at radius 3 is 1.04 bits per heavy atom. The van der Waals surface area contributed by atoms with Gasteiger partial charge in [-0.3, -0.25) is 0 Å². The molecule has 0 aromatic carbocycles. The zero-order chi connectivity index (χ0) is 23.1. The molecule has 0 aromatic heterocycles. The van der Waals surface area contributed by atoms with Crippen molar-refractivity contribution in [1.29, 1.82) is 0 Å². The summed E-state index contributed by atoms with van der Waals surface area (Å²) in [7, 11) is 0. The molecule has 0 bridgehead atoms. The first-order valence-corrected chi connectivity index (χ1v) is 5.35. The lowest BCUT2D eigenvalue weighted by atomic mass is 9.97. The van der Waals surface area contributed by atoms with Crippen LogP contribution in [0.25, 0.3) is 0 Å². The maximum atomic E-state index is 12.6. The summed E-state index contributed by atoms with van der Waals surface area (Å²) in [6.07, 6.45) is -7.67. The number of aliphatic carboxylic acids is 1. The van der Waals surface area contributed by atoms with Gasteiger partial charge in [0.15, 0.2) is 0 Å². The number of carboxylic acid groups (broad SMARTS) is 1. The second-order valence-corrected chi connectivity index (χ2v) is 4.27. The van der Waals surface area contributed by atoms with E-state index < -0.39 is 47.0 Å². The number of hydrogen-bond acceptors (Lipinski definition) is 2. The Balaban J connectivity index is 0. The highest BCUT2D eigenvalue weighted by molar-refractivity contribution is 5.60. The molecule has 0 aromatic rings. The van der Waals surface area contributed by atoms with Crippen molar-refractivity contribution in [1.82, 2.24) is 0 Å². The Hall–Kier alpha value is -1.69. The molecule has 0 aliphatic carbocycles. The monoisotopic (exact) mass is 449 g/mol. The molecule has 0 spiro atoms. The molecule has 0 N–H and O–H groups in total. The quantitative estimate of drug-likeness (QED) is 0.363. The lowest BCUT2D eigenvalue weighted by Crippen LogP contribution is -2.72. The highest BCUT2D eigenvalue weighted by atomic mass is 19.6. The van der Waals surface area contributed by atoms with Gasteiger partial charge in [0.2, 0.25) is 0 Å². The summed E-state index contributed by atoms with van der Waals surface area (Å²) < 4.78 is 193. The van der Waals surface area contributed by atoms with Crippen LogP contribution in [0.15, 0.2) is 0 Å². The van der Waals surface area contributed by atoms with Crippen LogP contribution in [0.3, 0.4) is 0 Å². The van der Waals surface area contributed by atoms with E-state index in [1.165, 1.54) is 0 Å². The summed E-state index contributed by atoms with van der Waals surface area (Å²) in [4.78, 5) is 8.89. The molecule has 0 amide bonds. The lowest BCUT2D eigenvalue weighted by Gasteiger charge is -2.37. The third kappa shape index (κ3) is 4.42. The number of halogens is 16. The lowest BCUT2D eigenvalue weighted by molar-refractivity contribution is -1.32. The van der Waals surface area contributed by atoms with Crippen LogP contribution in [-0.4, -0.2) is 47.0 Å². The Bertz CT molecular complexity index is 488. The third-order valence-electron chi connectivity index (χ3n) is 2.24. The molecular formula is C8H3F16NO2. The second-order valence-electron chi connectivity index (χ2n) is 4.27. The van der Waals surface area contributed by atoms with Crippen molar-refractivity contribution in [3.8, 4) is 0 Å². The minimum absolute atomic E-state index is 0.972. The van der Waals surface area contributed by atoms with Gasteiger partial charge in [0.05, 0.1) is 13.4 Å². The van der Waals surface area contributed by atoms with Crippen LogP contribution in [0.2, 0.25) is 0 Å². The summed E-state index contributed by atoms with van der Waals surface area (Å²) >= 11 is 0. The molecule has 0 rings (SSSR count). The molecule has 0 aliphatic rings. The molecule has 27 heavy (non-hydrogen) atoms. The van der Waals surface area contributed by atoms with Crippen molar-refractivity contribution in [2.24, 2.45) is 0 Å². The smallest absolute Gasteiger partial charge is 0.550 e. The molecule has 0 aliphatic heterocycles. The molecule has 164 valence electrons. The number of rotatable bonds is 5. The summed E-state index contributed by atoms with van der Waals surface area (Å²) in [5.74, 6) is -34.3. The summed E-state index contributed by atoms with van der Waals surface area (Å²) in [6.45, 7) is 0.972. The number of carbonyl (C=O) groups is 1. The maximum absolute atomic E-state index is 12.6. The third-order valence-corrected chi connectivity index (χ3v) is 2.24. The molecule has 0 radical (unpaired) electrons. The van der Waals surface area contributed by atoms with Crippen molar-refractivity contribution in [2.75, 3.05) is 0 Å². The molecule has 3 nitrogen and oxygen atoms in total. The fourth-order valence-electron chi connectivity index (χ4n) is 0.920. The zero-order valence-corrected chi connectivity index (χ0v) is 11.8. The first-order valence-electron chi connectivity index (χ1n) is 5.35. The number of alkyl halides is 13. The first kappa shape index (κ1) is 27.5. The Labute approximate surface area is 136 Å². The van der Waals surface area contributed by atoms with E-state index >= 15 is 0 Å².